The Morgan fingerprint density at radius 1 is 0.905 bits per heavy atom. The molecule has 0 saturated carbocycles. The first kappa shape index (κ1) is 14.0. The van der Waals surface area contributed by atoms with Crippen LogP contribution >= 0.6 is 0 Å². The molecule has 2 heteroatoms. The average Bonchev–Trinajstić information content (AvgIpc) is 2.75. The molecule has 3 rings (SSSR count). The van der Waals surface area contributed by atoms with Crippen molar-refractivity contribution >= 4 is 11.4 Å². The van der Waals surface area contributed by atoms with Gasteiger partial charge in [-0.2, -0.15) is 0 Å². The molecule has 0 amide bonds. The number of unbranched alkanes of at least 4 members (excludes halogenated alkanes) is 1. The maximum Gasteiger partial charge on any atom is 0.0602 e. The predicted molar refractivity (Wildman–Crippen MR) is 91.1 cm³/mol. The Kier molecular flexibility index (Phi) is 4.78. The van der Waals surface area contributed by atoms with Crippen LogP contribution in [-0.4, -0.2) is 19.6 Å². The van der Waals surface area contributed by atoms with Crippen molar-refractivity contribution in [3.8, 4) is 0 Å². The molecule has 0 aromatic heterocycles. The van der Waals surface area contributed by atoms with E-state index in [0.717, 1.165) is 19.6 Å². The van der Waals surface area contributed by atoms with E-state index in [1.54, 1.807) is 0 Å². The number of anilines is 2. The first-order valence-electron chi connectivity index (χ1n) is 8.05. The standard InChI is InChI=1S/C19H24N2/c1-2-9-17(10-3-1)11-6-7-15-21-16-8-14-20-18-12-4-5-13-19(18)21/h1-5,9-10,12-13,20H,6-8,11,14-16H2. The van der Waals surface area contributed by atoms with Crippen LogP contribution < -0.4 is 10.2 Å². The largest absolute Gasteiger partial charge is 0.383 e. The van der Waals surface area contributed by atoms with Crippen LogP contribution in [0, 0.1) is 0 Å². The zero-order valence-corrected chi connectivity index (χ0v) is 12.6. The summed E-state index contributed by atoms with van der Waals surface area (Å²) in [5.74, 6) is 0. The highest BCUT2D eigenvalue weighted by Gasteiger charge is 2.13. The van der Waals surface area contributed by atoms with Crippen molar-refractivity contribution in [3.05, 3.63) is 60.2 Å². The molecule has 0 bridgehead atoms. The summed E-state index contributed by atoms with van der Waals surface area (Å²) in [5, 5.41) is 3.53. The van der Waals surface area contributed by atoms with Crippen molar-refractivity contribution in [2.24, 2.45) is 0 Å². The second-order valence-electron chi connectivity index (χ2n) is 5.73. The molecule has 0 aliphatic carbocycles. The van der Waals surface area contributed by atoms with Crippen molar-refractivity contribution in [1.82, 2.24) is 0 Å². The minimum absolute atomic E-state index is 1.08. The Bertz CT molecular complexity index is 551. The van der Waals surface area contributed by atoms with Crippen LogP contribution in [0.3, 0.4) is 0 Å². The van der Waals surface area contributed by atoms with Crippen molar-refractivity contribution in [2.75, 3.05) is 29.9 Å². The second kappa shape index (κ2) is 7.16. The lowest BCUT2D eigenvalue weighted by Crippen LogP contribution is -2.25. The van der Waals surface area contributed by atoms with Crippen LogP contribution in [0.5, 0.6) is 0 Å². The van der Waals surface area contributed by atoms with Gasteiger partial charge in [0.2, 0.25) is 0 Å². The fraction of sp³-hybridized carbons (Fsp3) is 0.368. The van der Waals surface area contributed by atoms with Crippen LogP contribution in [0.15, 0.2) is 54.6 Å². The zero-order chi connectivity index (χ0) is 14.3. The molecule has 0 radical (unpaired) electrons. The molecule has 21 heavy (non-hydrogen) atoms. The molecule has 0 spiro atoms. The normalized spacial score (nSPS) is 14.2. The first-order chi connectivity index (χ1) is 10.4. The van der Waals surface area contributed by atoms with Gasteiger partial charge in [0.05, 0.1) is 11.4 Å². The van der Waals surface area contributed by atoms with E-state index in [1.165, 1.54) is 42.6 Å². The van der Waals surface area contributed by atoms with Crippen molar-refractivity contribution in [1.29, 1.82) is 0 Å². The molecule has 2 aromatic carbocycles. The summed E-state index contributed by atoms with van der Waals surface area (Å²) < 4.78 is 0. The maximum absolute atomic E-state index is 3.53. The summed E-state index contributed by atoms with van der Waals surface area (Å²) in [4.78, 5) is 2.54. The third kappa shape index (κ3) is 3.78. The van der Waals surface area contributed by atoms with Gasteiger partial charge in [-0.25, -0.2) is 0 Å². The van der Waals surface area contributed by atoms with E-state index in [9.17, 15) is 0 Å². The molecule has 2 aromatic rings. The number of benzene rings is 2. The monoisotopic (exact) mass is 280 g/mol. The Hall–Kier alpha value is -1.96. The Balaban J connectivity index is 1.53. The van der Waals surface area contributed by atoms with E-state index in [-0.39, 0.29) is 0 Å². The lowest BCUT2D eigenvalue weighted by atomic mass is 10.1. The van der Waals surface area contributed by atoms with E-state index in [1.807, 2.05) is 0 Å². The molecule has 1 heterocycles. The minimum atomic E-state index is 1.08. The van der Waals surface area contributed by atoms with E-state index in [0.29, 0.717) is 0 Å². The van der Waals surface area contributed by atoms with Crippen molar-refractivity contribution in [2.45, 2.75) is 25.7 Å². The van der Waals surface area contributed by atoms with Gasteiger partial charge in [0.1, 0.15) is 0 Å². The van der Waals surface area contributed by atoms with E-state index < -0.39 is 0 Å². The molecular weight excluding hydrogens is 256 g/mol. The molecule has 1 aliphatic heterocycles. The summed E-state index contributed by atoms with van der Waals surface area (Å²) in [7, 11) is 0. The summed E-state index contributed by atoms with van der Waals surface area (Å²) in [6.07, 6.45) is 4.92. The molecule has 0 atom stereocenters. The lowest BCUT2D eigenvalue weighted by molar-refractivity contribution is 0.678. The van der Waals surface area contributed by atoms with Gasteiger partial charge in [0, 0.05) is 19.6 Å². The number of rotatable bonds is 5. The van der Waals surface area contributed by atoms with Crippen LogP contribution in [0.4, 0.5) is 11.4 Å². The highest BCUT2D eigenvalue weighted by Crippen LogP contribution is 2.28. The van der Waals surface area contributed by atoms with Gasteiger partial charge in [0.15, 0.2) is 0 Å². The van der Waals surface area contributed by atoms with E-state index in [4.69, 9.17) is 0 Å². The Morgan fingerprint density at radius 3 is 2.62 bits per heavy atom. The van der Waals surface area contributed by atoms with Crippen LogP contribution in [0.1, 0.15) is 24.8 Å². The topological polar surface area (TPSA) is 15.3 Å². The summed E-state index contributed by atoms with van der Waals surface area (Å²) in [6, 6.07) is 19.5. The third-order valence-electron chi connectivity index (χ3n) is 4.15. The fourth-order valence-corrected chi connectivity index (χ4v) is 3.02. The SMILES string of the molecule is c1ccc(CCCCN2CCCNc3ccccc32)cc1. The summed E-state index contributed by atoms with van der Waals surface area (Å²) >= 11 is 0. The lowest BCUT2D eigenvalue weighted by Gasteiger charge is -2.24. The van der Waals surface area contributed by atoms with Gasteiger partial charge in [0.25, 0.3) is 0 Å². The molecule has 1 aliphatic rings. The zero-order valence-electron chi connectivity index (χ0n) is 12.6. The quantitative estimate of drug-likeness (QED) is 0.820. The van der Waals surface area contributed by atoms with Crippen LogP contribution in [0.2, 0.25) is 0 Å². The van der Waals surface area contributed by atoms with E-state index >= 15 is 0 Å². The van der Waals surface area contributed by atoms with Gasteiger partial charge >= 0.3 is 0 Å². The average molecular weight is 280 g/mol. The highest BCUT2D eigenvalue weighted by atomic mass is 15.2. The number of hydrogen-bond donors (Lipinski definition) is 1. The first-order valence-corrected chi connectivity index (χ1v) is 8.05. The number of nitrogens with one attached hydrogen (secondary N) is 1. The van der Waals surface area contributed by atoms with Gasteiger partial charge in [-0.1, -0.05) is 42.5 Å². The number of aryl methyl sites for hydroxylation is 1. The van der Waals surface area contributed by atoms with Gasteiger partial charge in [-0.05, 0) is 43.4 Å². The highest BCUT2D eigenvalue weighted by molar-refractivity contribution is 5.70. The molecule has 0 unspecified atom stereocenters. The van der Waals surface area contributed by atoms with Crippen LogP contribution in [0.25, 0.3) is 0 Å². The molecule has 0 saturated heterocycles. The second-order valence-corrected chi connectivity index (χ2v) is 5.73. The number of nitrogens with zero attached hydrogens (tertiary/aromatic N) is 1. The maximum atomic E-state index is 3.53. The summed E-state index contributed by atoms with van der Waals surface area (Å²) in [6.45, 7) is 3.40. The third-order valence-corrected chi connectivity index (χ3v) is 4.15. The smallest absolute Gasteiger partial charge is 0.0602 e. The van der Waals surface area contributed by atoms with Crippen LogP contribution in [-0.2, 0) is 6.42 Å². The predicted octanol–water partition coefficient (Wildman–Crippen LogP) is 4.33. The summed E-state index contributed by atoms with van der Waals surface area (Å²) in [5.41, 5.74) is 4.11. The van der Waals surface area contributed by atoms with Gasteiger partial charge in [-0.3, -0.25) is 0 Å². The van der Waals surface area contributed by atoms with Gasteiger partial charge in [-0.15, -0.1) is 0 Å². The van der Waals surface area contributed by atoms with Crippen molar-refractivity contribution < 1.29 is 0 Å². The molecule has 1 N–H and O–H groups in total. The Morgan fingerprint density at radius 2 is 1.71 bits per heavy atom. The number of hydrogen-bond acceptors (Lipinski definition) is 2. The van der Waals surface area contributed by atoms with E-state index in [2.05, 4.69) is 64.8 Å². The van der Waals surface area contributed by atoms with Gasteiger partial charge < -0.3 is 10.2 Å². The fourth-order valence-electron chi connectivity index (χ4n) is 3.02. The number of para-hydroxylation sites is 2. The minimum Gasteiger partial charge on any atom is -0.383 e. The molecular formula is C19H24N2. The van der Waals surface area contributed by atoms with Crippen molar-refractivity contribution in [3.63, 3.8) is 0 Å². The Labute approximate surface area is 127 Å². The number of fused-ring (bicyclic) bond motifs is 1. The molecule has 2 nitrogen and oxygen atoms in total. The molecule has 110 valence electrons. The molecule has 0 fully saturated rings.